The minimum Gasteiger partial charge on any atom is -0.434 e. The number of hydroxylamine groups is 1. The number of rotatable bonds is 12. The molecule has 3 atom stereocenters. The number of hydrogen-bond acceptors (Lipinski definition) is 7. The van der Waals surface area contributed by atoms with Gasteiger partial charge in [-0.15, -0.1) is 0 Å². The molecule has 1 fully saturated rings. The van der Waals surface area contributed by atoms with Gasteiger partial charge in [0.05, 0.1) is 18.3 Å². The second-order valence-electron chi connectivity index (χ2n) is 9.15. The highest BCUT2D eigenvalue weighted by Crippen LogP contribution is 2.18. The number of nitrogens with zero attached hydrogens (tertiary/aromatic N) is 1. The van der Waals surface area contributed by atoms with Gasteiger partial charge in [-0.2, -0.15) is 5.06 Å². The SMILES string of the molecule is CC(=O)O[C@@H]1OCC[C@@H]1NC(=O)[C@H](CC(C)C)NC(=O)c1ccc(N(C=O)OCc2ccccc2)cc1. The number of ether oxygens (including phenoxy) is 2. The summed E-state index contributed by atoms with van der Waals surface area (Å²) in [6.45, 7) is 5.73. The smallest absolute Gasteiger partial charge is 0.305 e. The van der Waals surface area contributed by atoms with Gasteiger partial charge in [0.15, 0.2) is 0 Å². The standard InChI is InChI=1S/C27H33N3O7/c1-18(2)15-24(26(34)28-23-13-14-35-27(23)37-19(3)32)29-25(33)21-9-11-22(12-10-21)30(17-31)36-16-20-7-5-4-6-8-20/h4-12,17-18,23-24,27H,13-16H2,1-3H3,(H,28,34)(H,29,33)/t23-,24-,27-/m0/s1. The fraction of sp³-hybridized carbons (Fsp3) is 0.407. The first-order valence-electron chi connectivity index (χ1n) is 12.2. The Kier molecular flexibility index (Phi) is 10.2. The molecule has 2 aromatic carbocycles. The van der Waals surface area contributed by atoms with Crippen LogP contribution < -0.4 is 15.7 Å². The molecule has 198 valence electrons. The van der Waals surface area contributed by atoms with E-state index in [-0.39, 0.29) is 18.4 Å². The summed E-state index contributed by atoms with van der Waals surface area (Å²) in [4.78, 5) is 54.4. The van der Waals surface area contributed by atoms with E-state index in [1.54, 1.807) is 24.3 Å². The summed E-state index contributed by atoms with van der Waals surface area (Å²) in [6, 6.07) is 14.4. The third kappa shape index (κ3) is 8.40. The van der Waals surface area contributed by atoms with Gasteiger partial charge >= 0.3 is 5.97 Å². The molecule has 0 aromatic heterocycles. The molecule has 3 rings (SSSR count). The molecule has 0 spiro atoms. The number of carbonyl (C=O) groups is 4. The Bertz CT molecular complexity index is 1060. The highest BCUT2D eigenvalue weighted by Gasteiger charge is 2.34. The van der Waals surface area contributed by atoms with Crippen molar-refractivity contribution in [3.05, 3.63) is 65.7 Å². The zero-order chi connectivity index (χ0) is 26.8. The number of carbonyl (C=O) groups excluding carboxylic acids is 4. The summed E-state index contributed by atoms with van der Waals surface area (Å²) in [7, 11) is 0. The average molecular weight is 512 g/mol. The summed E-state index contributed by atoms with van der Waals surface area (Å²) in [5, 5.41) is 6.72. The van der Waals surface area contributed by atoms with Crippen molar-refractivity contribution >= 4 is 29.9 Å². The fourth-order valence-electron chi connectivity index (χ4n) is 3.86. The number of anilines is 1. The van der Waals surface area contributed by atoms with Crippen LogP contribution in [-0.4, -0.2) is 49.2 Å². The Morgan fingerprint density at radius 1 is 1.11 bits per heavy atom. The molecule has 0 radical (unpaired) electrons. The molecule has 0 aliphatic carbocycles. The van der Waals surface area contributed by atoms with Crippen LogP contribution in [0.25, 0.3) is 0 Å². The normalized spacial score (nSPS) is 17.6. The first-order chi connectivity index (χ1) is 17.8. The van der Waals surface area contributed by atoms with Gasteiger partial charge in [0.25, 0.3) is 5.91 Å². The van der Waals surface area contributed by atoms with Crippen LogP contribution in [0, 0.1) is 5.92 Å². The molecule has 1 aliphatic rings. The highest BCUT2D eigenvalue weighted by atomic mass is 16.7. The maximum Gasteiger partial charge on any atom is 0.305 e. The Morgan fingerprint density at radius 2 is 1.81 bits per heavy atom. The van der Waals surface area contributed by atoms with E-state index >= 15 is 0 Å². The molecule has 37 heavy (non-hydrogen) atoms. The molecule has 10 nitrogen and oxygen atoms in total. The Labute approximate surface area is 216 Å². The maximum absolute atomic E-state index is 13.0. The van der Waals surface area contributed by atoms with Crippen LogP contribution in [0.1, 0.15) is 49.5 Å². The fourth-order valence-corrected chi connectivity index (χ4v) is 3.86. The van der Waals surface area contributed by atoms with Gasteiger partial charge in [-0.3, -0.25) is 24.0 Å². The lowest BCUT2D eigenvalue weighted by Gasteiger charge is -2.24. The molecule has 0 unspecified atom stereocenters. The second kappa shape index (κ2) is 13.5. The van der Waals surface area contributed by atoms with Crippen LogP contribution in [0.5, 0.6) is 0 Å². The van der Waals surface area contributed by atoms with Gasteiger partial charge in [0.2, 0.25) is 18.6 Å². The average Bonchev–Trinajstić information content (AvgIpc) is 3.30. The zero-order valence-electron chi connectivity index (χ0n) is 21.2. The van der Waals surface area contributed by atoms with Crippen molar-refractivity contribution in [1.82, 2.24) is 10.6 Å². The summed E-state index contributed by atoms with van der Waals surface area (Å²) < 4.78 is 10.5. The van der Waals surface area contributed by atoms with Gasteiger partial charge in [0.1, 0.15) is 12.6 Å². The van der Waals surface area contributed by atoms with Crippen LogP contribution in [0.3, 0.4) is 0 Å². The van der Waals surface area contributed by atoms with Crippen molar-refractivity contribution in [2.24, 2.45) is 5.92 Å². The minimum atomic E-state index is -0.853. The largest absolute Gasteiger partial charge is 0.434 e. The molecular formula is C27H33N3O7. The predicted octanol–water partition coefficient (Wildman–Crippen LogP) is 2.72. The van der Waals surface area contributed by atoms with E-state index in [2.05, 4.69) is 10.6 Å². The number of hydrogen-bond donors (Lipinski definition) is 2. The van der Waals surface area contributed by atoms with Gasteiger partial charge in [-0.25, -0.2) is 0 Å². The lowest BCUT2D eigenvalue weighted by atomic mass is 10.0. The Hall–Kier alpha value is -3.76. The van der Waals surface area contributed by atoms with Crippen LogP contribution in [-0.2, 0) is 35.3 Å². The molecule has 0 saturated carbocycles. The number of nitrogens with one attached hydrogen (secondary N) is 2. The molecule has 0 bridgehead atoms. The quantitative estimate of drug-likeness (QED) is 0.255. The summed E-state index contributed by atoms with van der Waals surface area (Å²) in [5.74, 6) is -1.19. The van der Waals surface area contributed by atoms with Gasteiger partial charge in [0, 0.05) is 12.5 Å². The lowest BCUT2D eigenvalue weighted by molar-refractivity contribution is -0.170. The third-order valence-electron chi connectivity index (χ3n) is 5.67. The Balaban J connectivity index is 1.62. The van der Waals surface area contributed by atoms with Crippen molar-refractivity contribution in [3.63, 3.8) is 0 Å². The Morgan fingerprint density at radius 3 is 2.43 bits per heavy atom. The third-order valence-corrected chi connectivity index (χ3v) is 5.67. The molecule has 2 aromatic rings. The van der Waals surface area contributed by atoms with E-state index in [9.17, 15) is 19.2 Å². The van der Waals surface area contributed by atoms with E-state index in [4.69, 9.17) is 14.3 Å². The molecule has 3 amide bonds. The van der Waals surface area contributed by atoms with E-state index in [0.717, 1.165) is 10.6 Å². The van der Waals surface area contributed by atoms with Crippen LogP contribution in [0.2, 0.25) is 0 Å². The topological polar surface area (TPSA) is 123 Å². The van der Waals surface area contributed by atoms with Crippen LogP contribution in [0.15, 0.2) is 54.6 Å². The van der Waals surface area contributed by atoms with Gasteiger partial charge < -0.3 is 20.1 Å². The highest BCUT2D eigenvalue weighted by molar-refractivity contribution is 5.98. The van der Waals surface area contributed by atoms with Crippen molar-refractivity contribution in [2.75, 3.05) is 11.7 Å². The van der Waals surface area contributed by atoms with E-state index in [0.29, 0.717) is 37.1 Å². The first-order valence-corrected chi connectivity index (χ1v) is 12.2. The number of amides is 3. The van der Waals surface area contributed by atoms with Gasteiger partial charge in [-0.1, -0.05) is 44.2 Å². The second-order valence-corrected chi connectivity index (χ2v) is 9.15. The summed E-state index contributed by atoms with van der Waals surface area (Å²) in [6.07, 6.45) is 0.603. The predicted molar refractivity (Wildman–Crippen MR) is 135 cm³/mol. The monoisotopic (exact) mass is 511 g/mol. The zero-order valence-corrected chi connectivity index (χ0v) is 21.2. The number of benzene rings is 2. The number of esters is 1. The van der Waals surface area contributed by atoms with Crippen LogP contribution >= 0.6 is 0 Å². The molecular weight excluding hydrogens is 478 g/mol. The summed E-state index contributed by atoms with van der Waals surface area (Å²) in [5.41, 5.74) is 1.68. The molecule has 1 heterocycles. The van der Waals surface area contributed by atoms with Crippen LogP contribution in [0.4, 0.5) is 5.69 Å². The molecule has 1 saturated heterocycles. The van der Waals surface area contributed by atoms with E-state index < -0.39 is 30.3 Å². The first kappa shape index (κ1) is 27.8. The van der Waals surface area contributed by atoms with E-state index in [1.165, 1.54) is 6.92 Å². The molecule has 1 aliphatic heterocycles. The van der Waals surface area contributed by atoms with Crippen molar-refractivity contribution in [3.8, 4) is 0 Å². The lowest BCUT2D eigenvalue weighted by Crippen LogP contribution is -2.52. The molecule has 10 heteroatoms. The van der Waals surface area contributed by atoms with E-state index in [1.807, 2.05) is 44.2 Å². The maximum atomic E-state index is 13.0. The van der Waals surface area contributed by atoms with Gasteiger partial charge in [-0.05, 0) is 48.6 Å². The minimum absolute atomic E-state index is 0.130. The molecule has 2 N–H and O–H groups in total. The van der Waals surface area contributed by atoms with Crippen molar-refractivity contribution < 1.29 is 33.5 Å². The summed E-state index contributed by atoms with van der Waals surface area (Å²) >= 11 is 0. The van der Waals surface area contributed by atoms with Crippen molar-refractivity contribution in [1.29, 1.82) is 0 Å². The van der Waals surface area contributed by atoms with Crippen molar-refractivity contribution in [2.45, 2.75) is 58.6 Å².